The molecule has 27 heavy (non-hydrogen) atoms. The Bertz CT molecular complexity index is 823. The van der Waals surface area contributed by atoms with E-state index in [-0.39, 0.29) is 11.2 Å². The first-order chi connectivity index (χ1) is 13.2. The number of aromatic nitrogens is 2. The molecule has 1 aromatic heterocycles. The zero-order chi connectivity index (χ0) is 18.8. The van der Waals surface area contributed by atoms with Crippen LogP contribution in [0.25, 0.3) is 10.9 Å². The van der Waals surface area contributed by atoms with Gasteiger partial charge < -0.3 is 10.2 Å². The van der Waals surface area contributed by atoms with Gasteiger partial charge in [-0.05, 0) is 57.6 Å². The maximum atomic E-state index is 13.0. The number of thioether (sulfide) groups is 1. The van der Waals surface area contributed by atoms with Crippen LogP contribution in [-0.4, -0.2) is 44.7 Å². The van der Waals surface area contributed by atoms with E-state index in [4.69, 9.17) is 9.97 Å². The van der Waals surface area contributed by atoms with E-state index in [2.05, 4.69) is 23.2 Å². The van der Waals surface area contributed by atoms with Crippen LogP contribution >= 0.6 is 11.8 Å². The van der Waals surface area contributed by atoms with E-state index in [1.807, 2.05) is 25.1 Å². The van der Waals surface area contributed by atoms with Crippen molar-refractivity contribution in [2.45, 2.75) is 74.9 Å². The summed E-state index contributed by atoms with van der Waals surface area (Å²) in [4.78, 5) is 24.6. The van der Waals surface area contributed by atoms with E-state index in [0.717, 1.165) is 42.5 Å². The average molecular weight is 385 g/mol. The Labute approximate surface area is 165 Å². The number of piperidine rings is 1. The minimum Gasteiger partial charge on any atom is -0.367 e. The zero-order valence-electron chi connectivity index (χ0n) is 16.1. The number of nitrogens with zero attached hydrogens (tertiary/aromatic N) is 3. The molecule has 1 amide bonds. The van der Waals surface area contributed by atoms with E-state index in [9.17, 15) is 4.79 Å². The van der Waals surface area contributed by atoms with Crippen molar-refractivity contribution in [3.63, 3.8) is 0 Å². The largest absolute Gasteiger partial charge is 0.367 e. The van der Waals surface area contributed by atoms with Crippen molar-refractivity contribution >= 4 is 34.4 Å². The number of amides is 1. The summed E-state index contributed by atoms with van der Waals surface area (Å²) in [5.41, 5.74) is 0.933. The summed E-state index contributed by atoms with van der Waals surface area (Å²) < 4.78 is 0. The third-order valence-corrected chi connectivity index (χ3v) is 6.46. The van der Waals surface area contributed by atoms with E-state index in [0.29, 0.717) is 17.2 Å². The van der Waals surface area contributed by atoms with E-state index >= 15 is 0 Å². The third kappa shape index (κ3) is 4.21. The molecule has 2 fully saturated rings. The van der Waals surface area contributed by atoms with Gasteiger partial charge in [0.05, 0.1) is 10.8 Å². The molecule has 144 valence electrons. The lowest BCUT2D eigenvalue weighted by Gasteiger charge is -2.36. The predicted octanol–water partition coefficient (Wildman–Crippen LogP) is 4.48. The molecule has 0 bridgehead atoms. The molecule has 1 saturated carbocycles. The molecule has 5 nitrogen and oxygen atoms in total. The molecular formula is C21H28N4OS. The number of carbonyl (C=O) groups is 1. The Kier molecular flexibility index (Phi) is 5.53. The third-order valence-electron chi connectivity index (χ3n) is 5.51. The highest BCUT2D eigenvalue weighted by atomic mass is 32.2. The van der Waals surface area contributed by atoms with Gasteiger partial charge in [0.2, 0.25) is 5.91 Å². The van der Waals surface area contributed by atoms with Gasteiger partial charge in [0.15, 0.2) is 5.16 Å². The number of nitrogens with one attached hydrogen (secondary N) is 1. The molecule has 2 aromatic rings. The minimum atomic E-state index is -0.174. The number of rotatable bonds is 6. The van der Waals surface area contributed by atoms with E-state index < -0.39 is 0 Å². The Morgan fingerprint density at radius 3 is 2.85 bits per heavy atom. The first kappa shape index (κ1) is 18.5. The molecule has 0 spiro atoms. The fourth-order valence-corrected chi connectivity index (χ4v) is 4.64. The van der Waals surface area contributed by atoms with E-state index in [1.54, 1.807) is 0 Å². The number of fused-ring (bicyclic) bond motifs is 1. The van der Waals surface area contributed by atoms with Gasteiger partial charge >= 0.3 is 0 Å². The molecule has 1 aliphatic carbocycles. The van der Waals surface area contributed by atoms with Crippen molar-refractivity contribution in [2.24, 2.45) is 0 Å². The summed E-state index contributed by atoms with van der Waals surface area (Å²) in [5.74, 6) is 1.12. The Morgan fingerprint density at radius 1 is 1.26 bits per heavy atom. The molecule has 1 saturated heterocycles. The van der Waals surface area contributed by atoms with Crippen LogP contribution in [0.4, 0.5) is 5.82 Å². The minimum absolute atomic E-state index is 0.174. The van der Waals surface area contributed by atoms with Crippen molar-refractivity contribution in [3.8, 4) is 0 Å². The first-order valence-electron chi connectivity index (χ1n) is 10.2. The lowest BCUT2D eigenvalue weighted by Crippen LogP contribution is -2.46. The number of carbonyl (C=O) groups excluding carboxylic acids is 1. The summed E-state index contributed by atoms with van der Waals surface area (Å²) in [5, 5.41) is 5.08. The highest BCUT2D eigenvalue weighted by molar-refractivity contribution is 8.00. The number of anilines is 1. The molecule has 0 radical (unpaired) electrons. The summed E-state index contributed by atoms with van der Waals surface area (Å²) in [6, 6.07) is 9.01. The second-order valence-electron chi connectivity index (χ2n) is 7.64. The number of hydrogen-bond acceptors (Lipinski definition) is 5. The van der Waals surface area contributed by atoms with Crippen LogP contribution in [0, 0.1) is 0 Å². The quantitative estimate of drug-likeness (QED) is 0.588. The molecule has 2 atom stereocenters. The fourth-order valence-electron chi connectivity index (χ4n) is 3.80. The maximum absolute atomic E-state index is 13.0. The molecule has 1 aromatic carbocycles. The van der Waals surface area contributed by atoms with Crippen LogP contribution in [-0.2, 0) is 4.79 Å². The molecule has 6 heteroatoms. The van der Waals surface area contributed by atoms with Gasteiger partial charge in [0, 0.05) is 24.0 Å². The SMILES string of the molecule is CCC1CCCCN1C(=O)C(C)Sc1nc(NC2CC2)c2ccccc2n1. The standard InChI is InChI=1S/C21H28N4OS/c1-3-16-8-6-7-13-25(16)20(26)14(2)27-21-23-18-10-5-4-9-17(18)19(24-21)22-15-11-12-15/h4-5,9-10,14-16H,3,6-8,11-13H2,1-2H3,(H,22,23,24). The summed E-state index contributed by atoms with van der Waals surface area (Å²) >= 11 is 1.48. The van der Waals surface area contributed by atoms with Gasteiger partial charge in [-0.1, -0.05) is 30.8 Å². The molecule has 2 unspecified atom stereocenters. The van der Waals surface area contributed by atoms with Crippen LogP contribution in [0.1, 0.15) is 52.4 Å². The van der Waals surface area contributed by atoms with Gasteiger partial charge in [-0.2, -0.15) is 0 Å². The van der Waals surface area contributed by atoms with Gasteiger partial charge in [-0.15, -0.1) is 0 Å². The fraction of sp³-hybridized carbons (Fsp3) is 0.571. The Balaban J connectivity index is 1.54. The topological polar surface area (TPSA) is 58.1 Å². The number of benzene rings is 1. The summed E-state index contributed by atoms with van der Waals surface area (Å²) in [6.07, 6.45) is 6.90. The highest BCUT2D eigenvalue weighted by Crippen LogP contribution is 2.32. The monoisotopic (exact) mass is 384 g/mol. The predicted molar refractivity (Wildman–Crippen MR) is 111 cm³/mol. The van der Waals surface area contributed by atoms with Gasteiger partial charge in [0.25, 0.3) is 0 Å². The Morgan fingerprint density at radius 2 is 2.07 bits per heavy atom. The van der Waals surface area contributed by atoms with Crippen molar-refractivity contribution in [3.05, 3.63) is 24.3 Å². The maximum Gasteiger partial charge on any atom is 0.236 e. The average Bonchev–Trinajstić information content (AvgIpc) is 3.51. The molecule has 1 aliphatic heterocycles. The Hall–Kier alpha value is -1.82. The molecule has 2 heterocycles. The van der Waals surface area contributed by atoms with Crippen LogP contribution in [0.15, 0.2) is 29.4 Å². The number of para-hydroxylation sites is 1. The van der Waals surface area contributed by atoms with Crippen LogP contribution < -0.4 is 5.32 Å². The van der Waals surface area contributed by atoms with Crippen LogP contribution in [0.5, 0.6) is 0 Å². The smallest absolute Gasteiger partial charge is 0.236 e. The number of likely N-dealkylation sites (tertiary alicyclic amines) is 1. The molecule has 1 N–H and O–H groups in total. The lowest BCUT2D eigenvalue weighted by molar-refractivity contribution is -0.134. The van der Waals surface area contributed by atoms with Crippen molar-refractivity contribution < 1.29 is 4.79 Å². The second-order valence-corrected chi connectivity index (χ2v) is 8.95. The molecular weight excluding hydrogens is 356 g/mol. The van der Waals surface area contributed by atoms with E-state index in [1.165, 1.54) is 31.0 Å². The second kappa shape index (κ2) is 8.05. The summed E-state index contributed by atoms with van der Waals surface area (Å²) in [7, 11) is 0. The van der Waals surface area contributed by atoms with Gasteiger partial charge in [-0.25, -0.2) is 9.97 Å². The summed E-state index contributed by atoms with van der Waals surface area (Å²) in [6.45, 7) is 5.05. The van der Waals surface area contributed by atoms with Crippen LogP contribution in [0.3, 0.4) is 0 Å². The van der Waals surface area contributed by atoms with Crippen molar-refractivity contribution in [2.75, 3.05) is 11.9 Å². The van der Waals surface area contributed by atoms with Gasteiger partial charge in [-0.3, -0.25) is 4.79 Å². The molecule has 4 rings (SSSR count). The first-order valence-corrected chi connectivity index (χ1v) is 11.0. The van der Waals surface area contributed by atoms with Crippen molar-refractivity contribution in [1.29, 1.82) is 0 Å². The molecule has 2 aliphatic rings. The van der Waals surface area contributed by atoms with Crippen molar-refractivity contribution in [1.82, 2.24) is 14.9 Å². The van der Waals surface area contributed by atoms with Crippen LogP contribution in [0.2, 0.25) is 0 Å². The highest BCUT2D eigenvalue weighted by Gasteiger charge is 2.30. The zero-order valence-corrected chi connectivity index (χ0v) is 17.0. The van der Waals surface area contributed by atoms with Gasteiger partial charge in [0.1, 0.15) is 5.82 Å². The number of hydrogen-bond donors (Lipinski definition) is 1. The normalized spacial score (nSPS) is 21.3. The lowest BCUT2D eigenvalue weighted by atomic mass is 10.00.